The molecule has 1 fully saturated rings. The molecule has 0 unspecified atom stereocenters. The Morgan fingerprint density at radius 2 is 1.89 bits per heavy atom. The molecule has 1 saturated heterocycles. The largest absolute Gasteiger partial charge is 0.493 e. The number of hydrogen-bond acceptors (Lipinski definition) is 4. The average Bonchev–Trinajstić information content (AvgIpc) is 3.36. The number of carbonyl (C=O) groups excluding carboxylic acids is 1. The molecular formula is C21H24N2O4S. The van der Waals surface area contributed by atoms with Crippen LogP contribution in [0, 0.1) is 0 Å². The van der Waals surface area contributed by atoms with Gasteiger partial charge in [-0.25, -0.2) is 12.7 Å². The summed E-state index contributed by atoms with van der Waals surface area (Å²) in [7, 11) is -0.510. The molecule has 6 nitrogen and oxygen atoms in total. The minimum atomic E-state index is -3.49. The molecule has 148 valence electrons. The fourth-order valence-electron chi connectivity index (χ4n) is 3.84. The predicted octanol–water partition coefficient (Wildman–Crippen LogP) is 2.50. The van der Waals surface area contributed by atoms with Gasteiger partial charge in [-0.3, -0.25) is 4.79 Å². The molecule has 0 N–H and O–H groups in total. The Morgan fingerprint density at radius 3 is 2.61 bits per heavy atom. The van der Waals surface area contributed by atoms with Gasteiger partial charge in [0.25, 0.3) is 5.91 Å². The van der Waals surface area contributed by atoms with Crippen LogP contribution in [0.25, 0.3) is 0 Å². The van der Waals surface area contributed by atoms with E-state index in [1.165, 1.54) is 37.4 Å². The summed E-state index contributed by atoms with van der Waals surface area (Å²) in [5.74, 6) is 1.24. The molecule has 28 heavy (non-hydrogen) atoms. The third-order valence-electron chi connectivity index (χ3n) is 5.54. The minimum absolute atomic E-state index is 0.0548. The van der Waals surface area contributed by atoms with Crippen LogP contribution in [-0.2, 0) is 16.4 Å². The lowest BCUT2D eigenvalue weighted by Gasteiger charge is -2.18. The molecule has 0 saturated carbocycles. The number of hydrogen-bond donors (Lipinski definition) is 0. The van der Waals surface area contributed by atoms with E-state index in [4.69, 9.17) is 4.74 Å². The molecule has 2 aliphatic rings. The van der Waals surface area contributed by atoms with Gasteiger partial charge in [-0.1, -0.05) is 12.1 Å². The number of likely N-dealkylation sites (tertiary alicyclic amines) is 1. The number of fused-ring (bicyclic) bond motifs is 1. The summed E-state index contributed by atoms with van der Waals surface area (Å²) in [5.41, 5.74) is 3.02. The van der Waals surface area contributed by atoms with Gasteiger partial charge in [-0.05, 0) is 47.9 Å². The Bertz CT molecular complexity index is 1000. The second-order valence-electron chi connectivity index (χ2n) is 7.51. The van der Waals surface area contributed by atoms with Crippen molar-refractivity contribution in [1.29, 1.82) is 0 Å². The van der Waals surface area contributed by atoms with E-state index in [2.05, 4.69) is 12.1 Å². The number of amides is 1. The van der Waals surface area contributed by atoms with Crippen molar-refractivity contribution in [2.24, 2.45) is 0 Å². The first-order valence-corrected chi connectivity index (χ1v) is 10.9. The number of rotatable bonds is 4. The van der Waals surface area contributed by atoms with Gasteiger partial charge in [0.15, 0.2) is 0 Å². The molecule has 0 aliphatic carbocycles. The summed E-state index contributed by atoms with van der Waals surface area (Å²) in [6.07, 6.45) is 1.87. The highest BCUT2D eigenvalue weighted by molar-refractivity contribution is 7.89. The summed E-state index contributed by atoms with van der Waals surface area (Å²) in [6.45, 7) is 2.12. The van der Waals surface area contributed by atoms with Crippen molar-refractivity contribution in [2.45, 2.75) is 23.7 Å². The van der Waals surface area contributed by atoms with Crippen LogP contribution in [0.1, 0.15) is 33.8 Å². The van der Waals surface area contributed by atoms with E-state index in [1.807, 2.05) is 11.0 Å². The highest BCUT2D eigenvalue weighted by Gasteiger charge is 2.29. The molecule has 0 radical (unpaired) electrons. The first kappa shape index (κ1) is 19.0. The predicted molar refractivity (Wildman–Crippen MR) is 106 cm³/mol. The maximum absolute atomic E-state index is 12.9. The lowest BCUT2D eigenvalue weighted by Crippen LogP contribution is -2.28. The van der Waals surface area contributed by atoms with Gasteiger partial charge in [0.1, 0.15) is 5.75 Å². The summed E-state index contributed by atoms with van der Waals surface area (Å²) in [4.78, 5) is 14.9. The van der Waals surface area contributed by atoms with E-state index in [1.54, 1.807) is 12.1 Å². The molecule has 0 spiro atoms. The number of sulfonamides is 1. The van der Waals surface area contributed by atoms with Crippen molar-refractivity contribution < 1.29 is 17.9 Å². The van der Waals surface area contributed by atoms with Crippen molar-refractivity contribution in [2.75, 3.05) is 33.8 Å². The maximum Gasteiger partial charge on any atom is 0.253 e. The van der Waals surface area contributed by atoms with Crippen LogP contribution in [0.15, 0.2) is 47.4 Å². The van der Waals surface area contributed by atoms with E-state index >= 15 is 0 Å². The molecule has 2 aliphatic heterocycles. The molecule has 2 aromatic carbocycles. The van der Waals surface area contributed by atoms with Crippen LogP contribution in [0.4, 0.5) is 0 Å². The zero-order valence-electron chi connectivity index (χ0n) is 16.1. The maximum atomic E-state index is 12.9. The molecule has 0 aromatic heterocycles. The van der Waals surface area contributed by atoms with Crippen molar-refractivity contribution in [1.82, 2.24) is 9.21 Å². The summed E-state index contributed by atoms with van der Waals surface area (Å²) in [6, 6.07) is 12.5. The Morgan fingerprint density at radius 1 is 1.14 bits per heavy atom. The normalized spacial score (nSPS) is 19.0. The third kappa shape index (κ3) is 3.40. The summed E-state index contributed by atoms with van der Waals surface area (Å²) in [5, 5.41) is 0. The molecule has 7 heteroatoms. The molecule has 1 atom stereocenters. The first-order valence-electron chi connectivity index (χ1n) is 9.44. The van der Waals surface area contributed by atoms with Gasteiger partial charge in [-0.15, -0.1) is 0 Å². The van der Waals surface area contributed by atoms with Crippen molar-refractivity contribution >= 4 is 15.9 Å². The van der Waals surface area contributed by atoms with Crippen molar-refractivity contribution in [3.63, 3.8) is 0 Å². The molecule has 2 aromatic rings. The van der Waals surface area contributed by atoms with Gasteiger partial charge in [0, 0.05) is 45.1 Å². The molecule has 4 rings (SSSR count). The fourth-order valence-corrected chi connectivity index (χ4v) is 4.74. The first-order chi connectivity index (χ1) is 13.4. The zero-order chi connectivity index (χ0) is 19.9. The van der Waals surface area contributed by atoms with Crippen LogP contribution >= 0.6 is 0 Å². The van der Waals surface area contributed by atoms with Crippen LogP contribution in [0.3, 0.4) is 0 Å². The highest BCUT2D eigenvalue weighted by atomic mass is 32.2. The molecular weight excluding hydrogens is 376 g/mol. The lowest BCUT2D eigenvalue weighted by molar-refractivity contribution is 0.0790. The zero-order valence-corrected chi connectivity index (χ0v) is 16.9. The smallest absolute Gasteiger partial charge is 0.253 e. The van der Waals surface area contributed by atoms with Gasteiger partial charge in [-0.2, -0.15) is 0 Å². The summed E-state index contributed by atoms with van der Waals surface area (Å²) >= 11 is 0. The van der Waals surface area contributed by atoms with E-state index in [0.717, 1.165) is 29.5 Å². The van der Waals surface area contributed by atoms with E-state index < -0.39 is 10.0 Å². The number of carbonyl (C=O) groups is 1. The molecule has 0 bridgehead atoms. The van der Waals surface area contributed by atoms with Crippen LogP contribution < -0.4 is 4.74 Å². The Balaban J connectivity index is 1.46. The van der Waals surface area contributed by atoms with Crippen molar-refractivity contribution in [3.8, 4) is 5.75 Å². The van der Waals surface area contributed by atoms with Crippen LogP contribution in [-0.4, -0.2) is 57.3 Å². The second-order valence-corrected chi connectivity index (χ2v) is 9.67. The fraction of sp³-hybridized carbons (Fsp3) is 0.381. The summed E-state index contributed by atoms with van der Waals surface area (Å²) < 4.78 is 31.1. The molecule has 2 heterocycles. The Labute approximate surface area is 165 Å². The molecule has 1 amide bonds. The van der Waals surface area contributed by atoms with E-state index in [0.29, 0.717) is 24.6 Å². The van der Waals surface area contributed by atoms with Crippen LogP contribution in [0.5, 0.6) is 5.75 Å². The lowest BCUT2D eigenvalue weighted by atomic mass is 9.96. The second kappa shape index (κ2) is 7.22. The quantitative estimate of drug-likeness (QED) is 0.791. The van der Waals surface area contributed by atoms with E-state index in [9.17, 15) is 13.2 Å². The van der Waals surface area contributed by atoms with Crippen LogP contribution in [0.2, 0.25) is 0 Å². The SMILES string of the molecule is CN(C)S(=O)(=O)c1ccc(C(=O)N2CC[C@H](c3ccc4c(c3)CCO4)C2)cc1. The standard InChI is InChI=1S/C21H24N2O4S/c1-22(2)28(25,26)19-6-3-15(4-7-19)21(24)23-11-9-18(14-23)16-5-8-20-17(13-16)10-12-27-20/h3-8,13,18H,9-12,14H2,1-2H3/t18-/m0/s1. The Kier molecular flexibility index (Phi) is 4.89. The third-order valence-corrected chi connectivity index (χ3v) is 7.37. The van der Waals surface area contributed by atoms with E-state index in [-0.39, 0.29) is 10.8 Å². The van der Waals surface area contributed by atoms with Gasteiger partial charge in [0.2, 0.25) is 10.0 Å². The topological polar surface area (TPSA) is 66.9 Å². The highest BCUT2D eigenvalue weighted by Crippen LogP contribution is 2.33. The van der Waals surface area contributed by atoms with Gasteiger partial charge in [0.05, 0.1) is 11.5 Å². The number of nitrogens with zero attached hydrogens (tertiary/aromatic N) is 2. The van der Waals surface area contributed by atoms with Crippen molar-refractivity contribution in [3.05, 3.63) is 59.2 Å². The number of benzene rings is 2. The minimum Gasteiger partial charge on any atom is -0.493 e. The van der Waals surface area contributed by atoms with Gasteiger partial charge >= 0.3 is 0 Å². The average molecular weight is 401 g/mol. The monoisotopic (exact) mass is 400 g/mol. The Hall–Kier alpha value is -2.38. The van der Waals surface area contributed by atoms with Gasteiger partial charge < -0.3 is 9.64 Å². The number of ether oxygens (including phenoxy) is 1.